The smallest absolute Gasteiger partial charge is 0.170 e. The summed E-state index contributed by atoms with van der Waals surface area (Å²) in [5, 5.41) is 79.5. The molecule has 0 amide bonds. The van der Waals surface area contributed by atoms with Crippen molar-refractivity contribution in [1.29, 1.82) is 0 Å². The standard InChI is InChI=1S/C31H28O10/c32-20-12-26(38)30(27(39)13-20)24(36)7-3-16-1-5-22(34)18(9-16)11-19-10-17(2-6-23(19)35)4-8-25(37)31-28(40)14-21(33)15-29(31)41/h1-2,5-6,9-10,12-15,32-35,38-41H,3-4,7-8,11H2. The number of phenolic OH excluding ortho intramolecular Hbond substituents is 8. The summed E-state index contributed by atoms with van der Waals surface area (Å²) in [6, 6.07) is 13.4. The molecular weight excluding hydrogens is 532 g/mol. The number of carbonyl (C=O) groups excluding carboxylic acids is 2. The highest BCUT2D eigenvalue weighted by atomic mass is 16.3. The Labute approximate surface area is 234 Å². The van der Waals surface area contributed by atoms with Gasteiger partial charge in [0.15, 0.2) is 11.6 Å². The molecule has 10 nitrogen and oxygen atoms in total. The third-order valence-electron chi connectivity index (χ3n) is 6.67. The molecule has 4 rings (SSSR count). The molecular formula is C31H28O10. The number of benzene rings is 4. The minimum absolute atomic E-state index is 0.0350. The molecule has 0 saturated heterocycles. The van der Waals surface area contributed by atoms with Gasteiger partial charge in [-0.25, -0.2) is 0 Å². The molecule has 0 aliphatic carbocycles. The van der Waals surface area contributed by atoms with E-state index in [2.05, 4.69) is 0 Å². The second kappa shape index (κ2) is 11.8. The molecule has 0 bridgehead atoms. The molecule has 0 heterocycles. The summed E-state index contributed by atoms with van der Waals surface area (Å²) in [4.78, 5) is 25.2. The van der Waals surface area contributed by atoms with Crippen LogP contribution in [0.3, 0.4) is 0 Å². The van der Waals surface area contributed by atoms with Crippen LogP contribution in [0.5, 0.6) is 46.0 Å². The number of ketones is 2. The van der Waals surface area contributed by atoms with Gasteiger partial charge in [0, 0.05) is 43.5 Å². The lowest BCUT2D eigenvalue weighted by molar-refractivity contribution is 0.0968. The van der Waals surface area contributed by atoms with Crippen molar-refractivity contribution in [2.75, 3.05) is 0 Å². The molecule has 0 radical (unpaired) electrons. The maximum Gasteiger partial charge on any atom is 0.170 e. The second-order valence-corrected chi connectivity index (χ2v) is 9.67. The number of phenols is 8. The minimum Gasteiger partial charge on any atom is -0.508 e. The average molecular weight is 561 g/mol. The van der Waals surface area contributed by atoms with Gasteiger partial charge in [-0.1, -0.05) is 24.3 Å². The highest BCUT2D eigenvalue weighted by molar-refractivity contribution is 6.02. The average Bonchev–Trinajstić information content (AvgIpc) is 2.88. The maximum atomic E-state index is 12.6. The molecule has 0 unspecified atom stereocenters. The lowest BCUT2D eigenvalue weighted by Crippen LogP contribution is -2.03. The quantitative estimate of drug-likeness (QED) is 0.127. The fourth-order valence-corrected chi connectivity index (χ4v) is 4.61. The van der Waals surface area contributed by atoms with Gasteiger partial charge in [0.2, 0.25) is 0 Å². The molecule has 0 aliphatic heterocycles. The van der Waals surface area contributed by atoms with E-state index in [9.17, 15) is 50.4 Å². The Kier molecular flexibility index (Phi) is 8.23. The van der Waals surface area contributed by atoms with E-state index in [1.54, 1.807) is 24.3 Å². The molecule has 0 saturated carbocycles. The highest BCUT2D eigenvalue weighted by Crippen LogP contribution is 2.35. The Morgan fingerprint density at radius 3 is 1.15 bits per heavy atom. The topological polar surface area (TPSA) is 196 Å². The SMILES string of the molecule is O=C(CCc1ccc(O)c(Cc2cc(CCC(=O)c3c(O)cc(O)cc3O)ccc2O)c1)c1c(O)cc(O)cc1O. The summed E-state index contributed by atoms with van der Waals surface area (Å²) in [5.41, 5.74) is 1.70. The van der Waals surface area contributed by atoms with Crippen LogP contribution in [0.25, 0.3) is 0 Å². The molecule has 10 heteroatoms. The first-order valence-electron chi connectivity index (χ1n) is 12.6. The zero-order chi connectivity index (χ0) is 29.8. The first kappa shape index (κ1) is 28.6. The highest BCUT2D eigenvalue weighted by Gasteiger charge is 2.19. The van der Waals surface area contributed by atoms with Crippen molar-refractivity contribution in [2.24, 2.45) is 0 Å². The van der Waals surface area contributed by atoms with Gasteiger partial charge in [0.25, 0.3) is 0 Å². The van der Waals surface area contributed by atoms with Crippen LogP contribution in [0, 0.1) is 0 Å². The van der Waals surface area contributed by atoms with E-state index in [0.717, 1.165) is 24.3 Å². The largest absolute Gasteiger partial charge is 0.508 e. The normalized spacial score (nSPS) is 10.9. The van der Waals surface area contributed by atoms with E-state index in [4.69, 9.17) is 0 Å². The first-order valence-corrected chi connectivity index (χ1v) is 12.6. The van der Waals surface area contributed by atoms with Crippen molar-refractivity contribution < 1.29 is 50.4 Å². The predicted molar refractivity (Wildman–Crippen MR) is 147 cm³/mol. The van der Waals surface area contributed by atoms with Crippen LogP contribution in [-0.2, 0) is 19.3 Å². The molecule has 212 valence electrons. The van der Waals surface area contributed by atoms with Crippen molar-refractivity contribution in [3.63, 3.8) is 0 Å². The van der Waals surface area contributed by atoms with Gasteiger partial charge in [-0.15, -0.1) is 0 Å². The third-order valence-corrected chi connectivity index (χ3v) is 6.67. The minimum atomic E-state index is -0.538. The Bertz CT molecular complexity index is 1470. The number of carbonyl (C=O) groups is 2. The maximum absolute atomic E-state index is 12.6. The van der Waals surface area contributed by atoms with Gasteiger partial charge in [-0.2, -0.15) is 0 Å². The zero-order valence-corrected chi connectivity index (χ0v) is 21.7. The van der Waals surface area contributed by atoms with E-state index in [1.807, 2.05) is 0 Å². The number of hydrogen-bond donors (Lipinski definition) is 8. The van der Waals surface area contributed by atoms with Gasteiger partial charge in [-0.3, -0.25) is 9.59 Å². The second-order valence-electron chi connectivity index (χ2n) is 9.67. The van der Waals surface area contributed by atoms with E-state index in [-0.39, 0.29) is 66.2 Å². The van der Waals surface area contributed by atoms with Gasteiger partial charge in [0.1, 0.15) is 57.1 Å². The van der Waals surface area contributed by atoms with E-state index in [1.165, 1.54) is 12.1 Å². The first-order chi connectivity index (χ1) is 19.4. The lowest BCUT2D eigenvalue weighted by atomic mass is 9.95. The van der Waals surface area contributed by atoms with Crippen molar-refractivity contribution in [3.8, 4) is 46.0 Å². The molecule has 4 aromatic carbocycles. The monoisotopic (exact) mass is 560 g/mol. The van der Waals surface area contributed by atoms with E-state index >= 15 is 0 Å². The van der Waals surface area contributed by atoms with Crippen LogP contribution in [0.2, 0.25) is 0 Å². The summed E-state index contributed by atoms with van der Waals surface area (Å²) >= 11 is 0. The number of rotatable bonds is 10. The molecule has 0 spiro atoms. The zero-order valence-electron chi connectivity index (χ0n) is 21.7. The Balaban J connectivity index is 1.45. The fraction of sp³-hybridized carbons (Fsp3) is 0.161. The molecule has 0 atom stereocenters. The van der Waals surface area contributed by atoms with Gasteiger partial charge in [0.05, 0.1) is 0 Å². The van der Waals surface area contributed by atoms with E-state index in [0.29, 0.717) is 22.3 Å². The predicted octanol–water partition coefficient (Wildman–Crippen LogP) is 4.55. The molecule has 4 aromatic rings. The summed E-state index contributed by atoms with van der Waals surface area (Å²) in [6.07, 6.45) is 0.419. The fourth-order valence-electron chi connectivity index (χ4n) is 4.61. The van der Waals surface area contributed by atoms with Crippen molar-refractivity contribution in [3.05, 3.63) is 94.0 Å². The van der Waals surface area contributed by atoms with Gasteiger partial charge >= 0.3 is 0 Å². The Hall–Kier alpha value is -5.38. The van der Waals surface area contributed by atoms with Gasteiger partial charge < -0.3 is 40.9 Å². The van der Waals surface area contributed by atoms with Crippen LogP contribution in [-0.4, -0.2) is 52.4 Å². The number of aromatic hydroxyl groups is 8. The number of Topliss-reactive ketones (excluding diaryl/α,β-unsaturated/α-hetero) is 2. The molecule has 8 N–H and O–H groups in total. The molecule has 0 aromatic heterocycles. The van der Waals surface area contributed by atoms with Crippen LogP contribution < -0.4 is 0 Å². The molecule has 0 aliphatic rings. The van der Waals surface area contributed by atoms with E-state index < -0.39 is 34.6 Å². The summed E-state index contributed by atoms with van der Waals surface area (Å²) < 4.78 is 0. The van der Waals surface area contributed by atoms with Crippen LogP contribution in [0.15, 0.2) is 60.7 Å². The summed E-state index contributed by atoms with van der Waals surface area (Å²) in [5.74, 6) is -4.05. The van der Waals surface area contributed by atoms with Crippen molar-refractivity contribution in [1.82, 2.24) is 0 Å². The van der Waals surface area contributed by atoms with Crippen molar-refractivity contribution in [2.45, 2.75) is 32.1 Å². The van der Waals surface area contributed by atoms with Crippen LogP contribution in [0.4, 0.5) is 0 Å². The third kappa shape index (κ3) is 6.62. The number of aryl methyl sites for hydroxylation is 2. The Morgan fingerprint density at radius 2 is 0.805 bits per heavy atom. The molecule has 41 heavy (non-hydrogen) atoms. The van der Waals surface area contributed by atoms with Crippen molar-refractivity contribution >= 4 is 11.6 Å². The van der Waals surface area contributed by atoms with Crippen LogP contribution in [0.1, 0.15) is 55.8 Å². The number of hydrogen-bond acceptors (Lipinski definition) is 10. The van der Waals surface area contributed by atoms with Crippen LogP contribution >= 0.6 is 0 Å². The summed E-state index contributed by atoms with van der Waals surface area (Å²) in [6.45, 7) is 0. The van der Waals surface area contributed by atoms with Gasteiger partial charge in [-0.05, 0) is 47.2 Å². The summed E-state index contributed by atoms with van der Waals surface area (Å²) in [7, 11) is 0. The lowest BCUT2D eigenvalue weighted by Gasteiger charge is -2.12. The molecule has 0 fully saturated rings. The Morgan fingerprint density at radius 1 is 0.463 bits per heavy atom.